The average Bonchev–Trinajstić information content (AvgIpc) is 3.28. The minimum absolute atomic E-state index is 0.208. The summed E-state index contributed by atoms with van der Waals surface area (Å²) in [6.45, 7) is 4.32. The largest absolute Gasteiger partial charge is 0.282 e. The molecule has 1 aliphatic heterocycles. The van der Waals surface area contributed by atoms with Crippen LogP contribution in [0.3, 0.4) is 0 Å². The number of H-pyrrole nitrogens is 1. The Bertz CT molecular complexity index is 1040. The Balaban J connectivity index is 1.73. The van der Waals surface area contributed by atoms with Crippen molar-refractivity contribution in [2.45, 2.75) is 44.0 Å². The van der Waals surface area contributed by atoms with Gasteiger partial charge in [0, 0.05) is 23.3 Å². The van der Waals surface area contributed by atoms with E-state index in [1.54, 1.807) is 16.6 Å². The number of aromatic amines is 1. The number of nitrogens with one attached hydrogen (secondary N) is 1. The molecule has 6 nitrogen and oxygen atoms in total. The summed E-state index contributed by atoms with van der Waals surface area (Å²) < 4.78 is 28.7. The highest BCUT2D eigenvalue weighted by molar-refractivity contribution is 7.89. The van der Waals surface area contributed by atoms with E-state index in [0.717, 1.165) is 46.1 Å². The third-order valence-corrected chi connectivity index (χ3v) is 8.14. The Kier molecular flexibility index (Phi) is 4.88. The predicted octanol–water partition coefficient (Wildman–Crippen LogP) is 4.07. The van der Waals surface area contributed by atoms with Crippen LogP contribution in [0.2, 0.25) is 0 Å². The molecule has 3 aromatic rings. The average molecular weight is 403 g/mol. The molecule has 1 saturated heterocycles. The number of pyridine rings is 1. The van der Waals surface area contributed by atoms with Gasteiger partial charge in [-0.3, -0.25) is 10.1 Å². The zero-order valence-corrected chi connectivity index (χ0v) is 17.0. The van der Waals surface area contributed by atoms with Crippen LogP contribution in [0.4, 0.5) is 0 Å². The van der Waals surface area contributed by atoms with Gasteiger partial charge >= 0.3 is 0 Å². The molecule has 0 amide bonds. The van der Waals surface area contributed by atoms with Gasteiger partial charge in [-0.2, -0.15) is 9.40 Å². The highest BCUT2D eigenvalue weighted by atomic mass is 32.2. The number of hydrogen-bond acceptors (Lipinski definition) is 5. The van der Waals surface area contributed by atoms with Crippen LogP contribution < -0.4 is 0 Å². The fraction of sp³-hybridized carbons (Fsp3) is 0.368. The predicted molar refractivity (Wildman–Crippen MR) is 106 cm³/mol. The summed E-state index contributed by atoms with van der Waals surface area (Å²) in [4.78, 5) is 6.45. The van der Waals surface area contributed by atoms with Gasteiger partial charge in [0.1, 0.15) is 5.69 Å². The summed E-state index contributed by atoms with van der Waals surface area (Å²) in [6, 6.07) is 9.16. The smallest absolute Gasteiger partial charge is 0.244 e. The van der Waals surface area contributed by atoms with Crippen molar-refractivity contribution in [2.24, 2.45) is 0 Å². The van der Waals surface area contributed by atoms with Gasteiger partial charge in [0.2, 0.25) is 10.0 Å². The summed E-state index contributed by atoms with van der Waals surface area (Å²) in [5.41, 5.74) is 2.55. The number of aryl methyl sites for hydroxylation is 2. The topological polar surface area (TPSA) is 79.0 Å². The number of hydrogen-bond donors (Lipinski definition) is 1. The van der Waals surface area contributed by atoms with E-state index in [4.69, 9.17) is 0 Å². The molecule has 1 fully saturated rings. The lowest BCUT2D eigenvalue weighted by molar-refractivity contribution is 0.251. The monoisotopic (exact) mass is 402 g/mol. The van der Waals surface area contributed by atoms with E-state index in [0.29, 0.717) is 11.4 Å². The van der Waals surface area contributed by atoms with Crippen molar-refractivity contribution >= 4 is 21.4 Å². The van der Waals surface area contributed by atoms with Crippen molar-refractivity contribution in [3.63, 3.8) is 0 Å². The number of rotatable bonds is 4. The SMILES string of the molecule is Cc1cc(-c2cc(S(=O)(=O)N3CCCCC3c3ccccn3)c(C)s2)n[nH]1. The van der Waals surface area contributed by atoms with Crippen LogP contribution in [0.15, 0.2) is 41.4 Å². The van der Waals surface area contributed by atoms with Crippen LogP contribution in [-0.2, 0) is 10.0 Å². The number of piperidine rings is 1. The first-order valence-electron chi connectivity index (χ1n) is 9.02. The van der Waals surface area contributed by atoms with Crippen LogP contribution in [0.25, 0.3) is 10.6 Å². The van der Waals surface area contributed by atoms with Crippen molar-refractivity contribution < 1.29 is 8.42 Å². The molecule has 0 aliphatic carbocycles. The van der Waals surface area contributed by atoms with Gasteiger partial charge < -0.3 is 0 Å². The van der Waals surface area contributed by atoms with Gasteiger partial charge in [0.05, 0.1) is 21.5 Å². The van der Waals surface area contributed by atoms with Gasteiger partial charge in [0.15, 0.2) is 0 Å². The molecular formula is C19H22N4O2S2. The van der Waals surface area contributed by atoms with Gasteiger partial charge in [0.25, 0.3) is 0 Å². The second-order valence-electron chi connectivity index (χ2n) is 6.85. The first-order valence-corrected chi connectivity index (χ1v) is 11.3. The minimum Gasteiger partial charge on any atom is -0.282 e. The third kappa shape index (κ3) is 3.44. The van der Waals surface area contributed by atoms with Crippen molar-refractivity contribution in [1.29, 1.82) is 0 Å². The van der Waals surface area contributed by atoms with E-state index >= 15 is 0 Å². The number of sulfonamides is 1. The Labute approximate surface area is 163 Å². The molecule has 4 heterocycles. The summed E-state index contributed by atoms with van der Waals surface area (Å²) in [6.07, 6.45) is 4.40. The van der Waals surface area contributed by atoms with Crippen LogP contribution in [0, 0.1) is 13.8 Å². The van der Waals surface area contributed by atoms with Crippen molar-refractivity contribution in [3.8, 4) is 10.6 Å². The molecule has 0 spiro atoms. The molecule has 4 rings (SSSR count). The summed E-state index contributed by atoms with van der Waals surface area (Å²) >= 11 is 1.46. The first kappa shape index (κ1) is 18.3. The zero-order chi connectivity index (χ0) is 19.0. The maximum atomic E-state index is 13.5. The molecule has 0 aromatic carbocycles. The molecule has 142 valence electrons. The maximum absolute atomic E-state index is 13.5. The van der Waals surface area contributed by atoms with Gasteiger partial charge in [-0.25, -0.2) is 8.42 Å². The maximum Gasteiger partial charge on any atom is 0.244 e. The quantitative estimate of drug-likeness (QED) is 0.714. The van der Waals surface area contributed by atoms with Crippen molar-refractivity contribution in [1.82, 2.24) is 19.5 Å². The van der Waals surface area contributed by atoms with E-state index in [2.05, 4.69) is 15.2 Å². The fourth-order valence-electron chi connectivity index (χ4n) is 3.58. The highest BCUT2D eigenvalue weighted by Gasteiger charge is 2.36. The molecule has 0 radical (unpaired) electrons. The lowest BCUT2D eigenvalue weighted by atomic mass is 10.0. The number of nitrogens with zero attached hydrogens (tertiary/aromatic N) is 3. The second kappa shape index (κ2) is 7.18. The summed E-state index contributed by atoms with van der Waals surface area (Å²) in [7, 11) is -3.60. The highest BCUT2D eigenvalue weighted by Crippen LogP contribution is 2.39. The Morgan fingerprint density at radius 3 is 2.78 bits per heavy atom. The van der Waals surface area contributed by atoms with Crippen LogP contribution in [-0.4, -0.2) is 34.4 Å². The molecule has 1 N–H and O–H groups in total. The lowest BCUT2D eigenvalue weighted by Crippen LogP contribution is -2.38. The minimum atomic E-state index is -3.60. The Hall–Kier alpha value is -2.03. The van der Waals surface area contributed by atoms with Crippen molar-refractivity contribution in [2.75, 3.05) is 6.54 Å². The molecule has 3 aromatic heterocycles. The molecule has 0 saturated carbocycles. The Morgan fingerprint density at radius 1 is 1.22 bits per heavy atom. The van der Waals surface area contributed by atoms with Crippen LogP contribution in [0.5, 0.6) is 0 Å². The second-order valence-corrected chi connectivity index (χ2v) is 9.96. The lowest BCUT2D eigenvalue weighted by Gasteiger charge is -2.34. The molecule has 27 heavy (non-hydrogen) atoms. The molecule has 0 bridgehead atoms. The molecule has 1 atom stereocenters. The van der Waals surface area contributed by atoms with Crippen LogP contribution >= 0.6 is 11.3 Å². The molecular weight excluding hydrogens is 380 g/mol. The van der Waals surface area contributed by atoms with Crippen LogP contribution in [0.1, 0.15) is 41.6 Å². The van der Waals surface area contributed by atoms with E-state index in [1.807, 2.05) is 38.1 Å². The van der Waals surface area contributed by atoms with E-state index < -0.39 is 10.0 Å². The standard InChI is InChI=1S/C19H22N4O2S2/c1-13-11-16(22-21-13)18-12-19(14(2)26-18)27(24,25)23-10-6-4-8-17(23)15-7-3-5-9-20-15/h3,5,7,9,11-12,17H,4,6,8,10H2,1-2H3,(H,21,22). The molecule has 1 aliphatic rings. The normalized spacial score (nSPS) is 18.7. The Morgan fingerprint density at radius 2 is 2.07 bits per heavy atom. The number of thiophene rings is 1. The molecule has 1 unspecified atom stereocenters. The van der Waals surface area contributed by atoms with Gasteiger partial charge in [-0.05, 0) is 51.0 Å². The zero-order valence-electron chi connectivity index (χ0n) is 15.3. The van der Waals surface area contributed by atoms with E-state index in [9.17, 15) is 8.42 Å². The summed E-state index contributed by atoms with van der Waals surface area (Å²) in [5.74, 6) is 0. The first-order chi connectivity index (χ1) is 13.0. The van der Waals surface area contributed by atoms with E-state index in [-0.39, 0.29) is 6.04 Å². The van der Waals surface area contributed by atoms with Crippen molar-refractivity contribution in [3.05, 3.63) is 52.8 Å². The van der Waals surface area contributed by atoms with Gasteiger partial charge in [-0.1, -0.05) is 12.5 Å². The summed E-state index contributed by atoms with van der Waals surface area (Å²) in [5, 5.41) is 7.18. The molecule has 8 heteroatoms. The van der Waals surface area contributed by atoms with Gasteiger partial charge in [-0.15, -0.1) is 11.3 Å². The fourth-order valence-corrected chi connectivity index (χ4v) is 6.77. The third-order valence-electron chi connectivity index (χ3n) is 4.90. The number of aromatic nitrogens is 3. The van der Waals surface area contributed by atoms with E-state index in [1.165, 1.54) is 11.3 Å².